The molecular weight excluding hydrogens is 457 g/mol. The number of benzene rings is 2. The van der Waals surface area contributed by atoms with Crippen LogP contribution in [0.4, 0.5) is 10.1 Å². The highest BCUT2D eigenvalue weighted by molar-refractivity contribution is 5.76. The summed E-state index contributed by atoms with van der Waals surface area (Å²) < 4.78 is 19.8. The molecule has 0 aliphatic carbocycles. The average molecular weight is 496 g/mol. The van der Waals surface area contributed by atoms with Crippen LogP contribution in [-0.2, 0) is 11.2 Å². The van der Waals surface area contributed by atoms with E-state index in [1.165, 1.54) is 6.07 Å². The molecule has 0 spiro atoms. The van der Waals surface area contributed by atoms with Gasteiger partial charge in [0.1, 0.15) is 11.6 Å². The summed E-state index contributed by atoms with van der Waals surface area (Å²) in [5.41, 5.74) is 1.03. The van der Waals surface area contributed by atoms with E-state index >= 15 is 0 Å². The largest absolute Gasteiger partial charge is 0.497 e. The maximum Gasteiger partial charge on any atom is 0.220 e. The lowest BCUT2D eigenvalue weighted by atomic mass is 9.89. The zero-order valence-electron chi connectivity index (χ0n) is 21.2. The number of anilines is 1. The Balaban J connectivity index is 1.31. The second-order valence-electron chi connectivity index (χ2n) is 10.8. The predicted octanol–water partition coefficient (Wildman–Crippen LogP) is 3.91. The third-order valence-electron chi connectivity index (χ3n) is 8.41. The van der Waals surface area contributed by atoms with Crippen molar-refractivity contribution < 1.29 is 19.0 Å². The number of nitrogens with one attached hydrogen (secondary N) is 1. The first-order valence-electron chi connectivity index (χ1n) is 13.3. The minimum absolute atomic E-state index is 0.0533. The molecule has 0 bridgehead atoms. The molecule has 1 amide bonds. The maximum atomic E-state index is 14.6. The van der Waals surface area contributed by atoms with Gasteiger partial charge < -0.3 is 20.1 Å². The van der Waals surface area contributed by atoms with E-state index in [9.17, 15) is 14.3 Å². The number of likely N-dealkylation sites (tertiary alicyclic amines) is 1. The fraction of sp³-hybridized carbons (Fsp3) is 0.552. The number of carbonyl (C=O) groups excluding carboxylic acids is 1. The van der Waals surface area contributed by atoms with Gasteiger partial charge in [0.05, 0.1) is 12.7 Å². The fourth-order valence-electron chi connectivity index (χ4n) is 6.36. The highest BCUT2D eigenvalue weighted by Crippen LogP contribution is 2.36. The van der Waals surface area contributed by atoms with Crippen LogP contribution in [0.15, 0.2) is 48.5 Å². The van der Waals surface area contributed by atoms with Crippen LogP contribution in [-0.4, -0.2) is 66.4 Å². The summed E-state index contributed by atoms with van der Waals surface area (Å²) in [6.45, 7) is 2.11. The maximum absolute atomic E-state index is 14.6. The second-order valence-corrected chi connectivity index (χ2v) is 10.8. The zero-order chi connectivity index (χ0) is 25.1. The molecular formula is C29H38FN3O3. The van der Waals surface area contributed by atoms with Crippen LogP contribution in [0.3, 0.4) is 0 Å². The molecule has 36 heavy (non-hydrogen) atoms. The predicted molar refractivity (Wildman–Crippen MR) is 139 cm³/mol. The number of methoxy groups -OCH3 is 1. The second kappa shape index (κ2) is 10.8. The van der Waals surface area contributed by atoms with Crippen molar-refractivity contribution in [2.45, 2.75) is 75.1 Å². The molecule has 3 fully saturated rings. The molecule has 3 aliphatic heterocycles. The van der Waals surface area contributed by atoms with Crippen LogP contribution in [0, 0.1) is 5.82 Å². The Bertz CT molecular complexity index is 1040. The van der Waals surface area contributed by atoms with E-state index in [0.29, 0.717) is 37.8 Å². The molecule has 3 atom stereocenters. The number of hydrogen-bond acceptors (Lipinski definition) is 5. The van der Waals surface area contributed by atoms with Gasteiger partial charge in [-0.15, -0.1) is 0 Å². The van der Waals surface area contributed by atoms with E-state index in [1.54, 1.807) is 13.2 Å². The summed E-state index contributed by atoms with van der Waals surface area (Å²) >= 11 is 0. The minimum Gasteiger partial charge on any atom is -0.497 e. The first-order valence-corrected chi connectivity index (χ1v) is 13.3. The van der Waals surface area contributed by atoms with Crippen molar-refractivity contribution in [2.24, 2.45) is 0 Å². The molecule has 194 valence electrons. The van der Waals surface area contributed by atoms with E-state index in [2.05, 4.69) is 27.2 Å². The topological polar surface area (TPSA) is 65.0 Å². The van der Waals surface area contributed by atoms with Gasteiger partial charge in [-0.25, -0.2) is 4.39 Å². The third kappa shape index (κ3) is 5.52. The summed E-state index contributed by atoms with van der Waals surface area (Å²) in [7, 11) is 1.67. The van der Waals surface area contributed by atoms with Crippen LogP contribution >= 0.6 is 0 Å². The van der Waals surface area contributed by atoms with Crippen LogP contribution in [0.25, 0.3) is 0 Å². The third-order valence-corrected chi connectivity index (χ3v) is 8.41. The van der Waals surface area contributed by atoms with E-state index in [0.717, 1.165) is 50.2 Å². The van der Waals surface area contributed by atoms with Crippen molar-refractivity contribution in [3.63, 3.8) is 0 Å². The van der Waals surface area contributed by atoms with Gasteiger partial charge in [0.25, 0.3) is 0 Å². The summed E-state index contributed by atoms with van der Waals surface area (Å²) in [5, 5.41) is 15.0. The average Bonchev–Trinajstić information content (AvgIpc) is 3.16. The van der Waals surface area contributed by atoms with Gasteiger partial charge >= 0.3 is 0 Å². The molecule has 5 rings (SSSR count). The SMILES string of the molecule is COc1ccc(N2CCC(O)(CN3[C@@H](Cc4ccccc4F)C[C@H]4NC(=O)CCCC[C@@H]43)CC2)cc1. The van der Waals surface area contributed by atoms with Crippen molar-refractivity contribution in [3.8, 4) is 5.75 Å². The molecule has 3 heterocycles. The van der Waals surface area contributed by atoms with Gasteiger partial charge in [-0.2, -0.15) is 0 Å². The Morgan fingerprint density at radius 3 is 2.58 bits per heavy atom. The van der Waals surface area contributed by atoms with Crippen molar-refractivity contribution in [2.75, 3.05) is 31.6 Å². The molecule has 0 aromatic heterocycles. The van der Waals surface area contributed by atoms with Crippen molar-refractivity contribution >= 4 is 11.6 Å². The van der Waals surface area contributed by atoms with Gasteiger partial charge in [-0.1, -0.05) is 24.6 Å². The lowest BCUT2D eigenvalue weighted by Crippen LogP contribution is -2.55. The van der Waals surface area contributed by atoms with Gasteiger partial charge in [-0.3, -0.25) is 9.69 Å². The standard InChI is InChI=1S/C29H38FN3O3/c1-36-24-12-10-22(11-13-24)32-16-14-29(35,15-17-32)20-33-23(18-21-6-2-3-7-25(21)30)19-26-27(33)8-4-5-9-28(34)31-26/h2-3,6-7,10-13,23,26-27,35H,4-5,8-9,14-20H2,1H3,(H,31,34)/t23-,26+,27-/m0/s1. The molecule has 2 aromatic rings. The number of hydrogen-bond donors (Lipinski definition) is 2. The van der Waals surface area contributed by atoms with Crippen LogP contribution in [0.1, 0.15) is 50.5 Å². The number of amides is 1. The molecule has 0 unspecified atom stereocenters. The number of fused-ring (bicyclic) bond motifs is 1. The summed E-state index contributed by atoms with van der Waals surface area (Å²) in [6, 6.07) is 15.4. The molecule has 0 radical (unpaired) electrons. The van der Waals surface area contributed by atoms with E-state index in [-0.39, 0.29) is 29.8 Å². The minimum atomic E-state index is -0.808. The van der Waals surface area contributed by atoms with Gasteiger partial charge in [0, 0.05) is 49.9 Å². The zero-order valence-corrected chi connectivity index (χ0v) is 21.2. The van der Waals surface area contributed by atoms with Crippen LogP contribution < -0.4 is 15.0 Å². The smallest absolute Gasteiger partial charge is 0.220 e. The molecule has 3 aliphatic rings. The van der Waals surface area contributed by atoms with Gasteiger partial charge in [-0.05, 0) is 74.4 Å². The highest BCUT2D eigenvalue weighted by atomic mass is 19.1. The van der Waals surface area contributed by atoms with Crippen molar-refractivity contribution in [1.29, 1.82) is 0 Å². The molecule has 7 heteroatoms. The highest BCUT2D eigenvalue weighted by Gasteiger charge is 2.46. The van der Waals surface area contributed by atoms with Crippen molar-refractivity contribution in [3.05, 3.63) is 59.9 Å². The normalized spacial score (nSPS) is 26.6. The van der Waals surface area contributed by atoms with Gasteiger partial charge in [0.2, 0.25) is 5.91 Å². The Morgan fingerprint density at radius 2 is 1.86 bits per heavy atom. The van der Waals surface area contributed by atoms with Crippen LogP contribution in [0.5, 0.6) is 5.75 Å². The first kappa shape index (κ1) is 25.0. The van der Waals surface area contributed by atoms with E-state index in [4.69, 9.17) is 4.74 Å². The number of rotatable bonds is 6. The quantitative estimate of drug-likeness (QED) is 0.636. The Labute approximate surface area is 213 Å². The number of ether oxygens (including phenoxy) is 1. The molecule has 0 saturated carbocycles. The number of nitrogens with zero attached hydrogens (tertiary/aromatic N) is 2. The van der Waals surface area contributed by atoms with Crippen LogP contribution in [0.2, 0.25) is 0 Å². The van der Waals surface area contributed by atoms with E-state index in [1.807, 2.05) is 24.3 Å². The Hall–Kier alpha value is -2.64. The lowest BCUT2D eigenvalue weighted by molar-refractivity contribution is -0.122. The molecule has 2 aromatic carbocycles. The lowest BCUT2D eigenvalue weighted by Gasteiger charge is -2.44. The van der Waals surface area contributed by atoms with Crippen molar-refractivity contribution in [1.82, 2.24) is 10.2 Å². The number of carbonyl (C=O) groups is 1. The molecule has 3 saturated heterocycles. The fourth-order valence-corrected chi connectivity index (χ4v) is 6.36. The number of piperidine rings is 1. The molecule has 2 N–H and O–H groups in total. The Morgan fingerprint density at radius 1 is 1.11 bits per heavy atom. The summed E-state index contributed by atoms with van der Waals surface area (Å²) in [4.78, 5) is 17.1. The monoisotopic (exact) mass is 495 g/mol. The van der Waals surface area contributed by atoms with Gasteiger partial charge in [0.15, 0.2) is 0 Å². The molecule has 6 nitrogen and oxygen atoms in total. The Kier molecular flexibility index (Phi) is 7.49. The number of β-amino-alcohol motifs (C(OH)–C–C–N with tert-alkyl or cyclic N) is 1. The first-order chi connectivity index (χ1) is 17.4. The summed E-state index contributed by atoms with van der Waals surface area (Å²) in [6.07, 6.45) is 6.18. The summed E-state index contributed by atoms with van der Waals surface area (Å²) in [5.74, 6) is 0.767. The van der Waals surface area contributed by atoms with E-state index < -0.39 is 5.60 Å². The number of aliphatic hydroxyl groups is 1. The number of halogens is 1.